The first kappa shape index (κ1) is 17.3. The second-order valence-corrected chi connectivity index (χ2v) is 5.30. The highest BCUT2D eigenvalue weighted by molar-refractivity contribution is 6.46. The maximum absolute atomic E-state index is 11.0. The fourth-order valence-corrected chi connectivity index (χ4v) is 2.27. The summed E-state index contributed by atoms with van der Waals surface area (Å²) >= 11 is 17.6. The quantitative estimate of drug-likeness (QED) is 0.495. The number of hydrogen-bond donors (Lipinski definition) is 1. The standard InChI is InChI=1S/C14H10Cl3N3O3/c1-23-8-4-2-7(3-5-8)6-18-20-11-9(15)12(14(21)22)19-13(17)10(11)16/h2-6H,1H3,(H,19,20)(H,21,22)/p-1/b18-6-. The number of carboxylic acids is 1. The first-order chi connectivity index (χ1) is 10.9. The Bertz CT molecular complexity index is 764. The Hall–Kier alpha value is -2.02. The molecule has 0 radical (unpaired) electrons. The zero-order chi connectivity index (χ0) is 17.0. The molecule has 1 aromatic heterocycles. The van der Waals surface area contributed by atoms with Crippen molar-refractivity contribution in [2.24, 2.45) is 5.10 Å². The number of carbonyl (C=O) groups excluding carboxylic acids is 1. The molecular weight excluding hydrogens is 365 g/mol. The number of rotatable bonds is 5. The van der Waals surface area contributed by atoms with Gasteiger partial charge < -0.3 is 14.6 Å². The Morgan fingerprint density at radius 2 is 1.91 bits per heavy atom. The molecule has 0 spiro atoms. The van der Waals surface area contributed by atoms with E-state index >= 15 is 0 Å². The number of carboxylic acid groups (broad SMARTS) is 1. The van der Waals surface area contributed by atoms with Gasteiger partial charge in [0.1, 0.15) is 16.5 Å². The molecule has 0 atom stereocenters. The van der Waals surface area contributed by atoms with Crippen LogP contribution in [0.5, 0.6) is 5.75 Å². The normalized spacial score (nSPS) is 10.8. The number of nitrogens with one attached hydrogen (secondary N) is 1. The van der Waals surface area contributed by atoms with Crippen LogP contribution in [0.2, 0.25) is 15.2 Å². The van der Waals surface area contributed by atoms with Gasteiger partial charge in [-0.2, -0.15) is 5.10 Å². The van der Waals surface area contributed by atoms with Gasteiger partial charge in [0.05, 0.1) is 30.0 Å². The number of anilines is 1. The van der Waals surface area contributed by atoms with Crippen LogP contribution in [-0.4, -0.2) is 24.3 Å². The predicted molar refractivity (Wildman–Crippen MR) is 87.8 cm³/mol. The van der Waals surface area contributed by atoms with Crippen LogP contribution in [0.15, 0.2) is 29.4 Å². The number of carbonyl (C=O) groups is 1. The molecule has 6 nitrogen and oxygen atoms in total. The largest absolute Gasteiger partial charge is 0.543 e. The van der Waals surface area contributed by atoms with Gasteiger partial charge in [-0.15, -0.1) is 0 Å². The molecule has 2 aromatic rings. The van der Waals surface area contributed by atoms with E-state index in [-0.39, 0.29) is 20.9 Å². The fourth-order valence-electron chi connectivity index (χ4n) is 1.61. The van der Waals surface area contributed by atoms with Crippen molar-refractivity contribution in [2.75, 3.05) is 12.5 Å². The third-order valence-corrected chi connectivity index (χ3v) is 3.84. The van der Waals surface area contributed by atoms with Crippen molar-refractivity contribution in [2.45, 2.75) is 0 Å². The molecule has 120 valence electrons. The molecule has 9 heteroatoms. The van der Waals surface area contributed by atoms with Gasteiger partial charge in [0.15, 0.2) is 5.15 Å². The van der Waals surface area contributed by atoms with Gasteiger partial charge in [-0.05, 0) is 29.8 Å². The smallest absolute Gasteiger partial charge is 0.150 e. The number of hydrazone groups is 1. The number of aromatic carboxylic acids is 1. The number of pyridine rings is 1. The maximum Gasteiger partial charge on any atom is 0.150 e. The first-order valence-corrected chi connectivity index (χ1v) is 7.26. The van der Waals surface area contributed by atoms with Crippen LogP contribution >= 0.6 is 34.8 Å². The lowest BCUT2D eigenvalue weighted by Gasteiger charge is -2.12. The number of ether oxygens (including phenoxy) is 1. The second-order valence-electron chi connectivity index (χ2n) is 4.18. The topological polar surface area (TPSA) is 86.6 Å². The first-order valence-electron chi connectivity index (χ1n) is 6.13. The van der Waals surface area contributed by atoms with E-state index in [4.69, 9.17) is 39.5 Å². The fraction of sp³-hybridized carbons (Fsp3) is 0.0714. The summed E-state index contributed by atoms with van der Waals surface area (Å²) in [5.74, 6) is -0.864. The molecule has 0 saturated carbocycles. The van der Waals surface area contributed by atoms with Gasteiger partial charge in [0, 0.05) is 0 Å². The van der Waals surface area contributed by atoms with Crippen LogP contribution in [0.25, 0.3) is 0 Å². The zero-order valence-electron chi connectivity index (χ0n) is 11.6. The SMILES string of the molecule is COc1ccc(/C=N\Nc2c(Cl)c(Cl)nc(C(=O)[O-])c2Cl)cc1. The Balaban J connectivity index is 2.25. The van der Waals surface area contributed by atoms with Crippen molar-refractivity contribution in [3.8, 4) is 5.75 Å². The average Bonchev–Trinajstić information content (AvgIpc) is 2.54. The minimum Gasteiger partial charge on any atom is -0.543 e. The lowest BCUT2D eigenvalue weighted by atomic mass is 10.2. The van der Waals surface area contributed by atoms with E-state index in [1.807, 2.05) is 0 Å². The van der Waals surface area contributed by atoms with Crippen molar-refractivity contribution in [1.29, 1.82) is 0 Å². The van der Waals surface area contributed by atoms with Gasteiger partial charge in [0.2, 0.25) is 0 Å². The van der Waals surface area contributed by atoms with Gasteiger partial charge in [0.25, 0.3) is 0 Å². The van der Waals surface area contributed by atoms with Gasteiger partial charge >= 0.3 is 0 Å². The highest BCUT2D eigenvalue weighted by Crippen LogP contribution is 2.36. The highest BCUT2D eigenvalue weighted by Gasteiger charge is 2.16. The molecule has 1 aromatic carbocycles. The van der Waals surface area contributed by atoms with Crippen molar-refractivity contribution >= 4 is 52.7 Å². The minimum atomic E-state index is -1.57. The summed E-state index contributed by atoms with van der Waals surface area (Å²) in [4.78, 5) is 14.5. The van der Waals surface area contributed by atoms with E-state index in [1.54, 1.807) is 31.4 Å². The summed E-state index contributed by atoms with van der Waals surface area (Å²) in [6, 6.07) is 7.08. The summed E-state index contributed by atoms with van der Waals surface area (Å²) in [5, 5.41) is 14.4. The molecule has 0 aliphatic carbocycles. The Morgan fingerprint density at radius 3 is 2.48 bits per heavy atom. The van der Waals surface area contributed by atoms with E-state index in [1.165, 1.54) is 6.21 Å². The number of methoxy groups -OCH3 is 1. The van der Waals surface area contributed by atoms with Crippen LogP contribution in [0.3, 0.4) is 0 Å². The van der Waals surface area contributed by atoms with Gasteiger partial charge in [-0.3, -0.25) is 5.43 Å². The van der Waals surface area contributed by atoms with Gasteiger partial charge in [-0.25, -0.2) is 4.98 Å². The number of benzene rings is 1. The van der Waals surface area contributed by atoms with Crippen LogP contribution < -0.4 is 15.3 Å². The number of halogens is 3. The third kappa shape index (κ3) is 4.04. The van der Waals surface area contributed by atoms with Crippen LogP contribution in [-0.2, 0) is 0 Å². The van der Waals surface area contributed by atoms with E-state index in [2.05, 4.69) is 15.5 Å². The van der Waals surface area contributed by atoms with E-state index in [0.717, 1.165) is 5.56 Å². The molecule has 0 aliphatic heterocycles. The summed E-state index contributed by atoms with van der Waals surface area (Å²) < 4.78 is 5.05. The Morgan fingerprint density at radius 1 is 1.26 bits per heavy atom. The van der Waals surface area contributed by atoms with Crippen molar-refractivity contribution in [3.63, 3.8) is 0 Å². The average molecular weight is 374 g/mol. The molecule has 0 amide bonds. The molecular formula is C14H9Cl3N3O3-. The summed E-state index contributed by atoms with van der Waals surface area (Å²) in [7, 11) is 1.57. The third-order valence-electron chi connectivity index (χ3n) is 2.74. The summed E-state index contributed by atoms with van der Waals surface area (Å²) in [6.45, 7) is 0. The predicted octanol–water partition coefficient (Wildman–Crippen LogP) is 2.86. The van der Waals surface area contributed by atoms with Crippen LogP contribution in [0.1, 0.15) is 16.1 Å². The second kappa shape index (κ2) is 7.50. The van der Waals surface area contributed by atoms with Crippen molar-refractivity contribution in [1.82, 2.24) is 4.98 Å². The molecule has 0 aliphatic rings. The molecule has 23 heavy (non-hydrogen) atoms. The Kier molecular flexibility index (Phi) is 5.65. The molecule has 0 saturated heterocycles. The number of nitrogens with zero attached hydrogens (tertiary/aromatic N) is 2. The molecule has 0 fully saturated rings. The number of hydrogen-bond acceptors (Lipinski definition) is 6. The lowest BCUT2D eigenvalue weighted by Crippen LogP contribution is -2.24. The van der Waals surface area contributed by atoms with Gasteiger partial charge in [-0.1, -0.05) is 34.8 Å². The highest BCUT2D eigenvalue weighted by atomic mass is 35.5. The van der Waals surface area contributed by atoms with E-state index in [0.29, 0.717) is 5.75 Å². The van der Waals surface area contributed by atoms with Crippen LogP contribution in [0, 0.1) is 0 Å². The minimum absolute atomic E-state index is 0.0253. The molecule has 0 unspecified atom stereocenters. The molecule has 1 heterocycles. The maximum atomic E-state index is 11.0. The monoisotopic (exact) mass is 372 g/mol. The van der Waals surface area contributed by atoms with Crippen molar-refractivity contribution < 1.29 is 14.6 Å². The molecule has 0 bridgehead atoms. The zero-order valence-corrected chi connectivity index (χ0v) is 13.9. The number of aromatic nitrogens is 1. The lowest BCUT2D eigenvalue weighted by molar-refractivity contribution is -0.255. The van der Waals surface area contributed by atoms with E-state index in [9.17, 15) is 9.90 Å². The van der Waals surface area contributed by atoms with E-state index < -0.39 is 11.7 Å². The summed E-state index contributed by atoms with van der Waals surface area (Å²) in [5.41, 5.74) is 2.82. The molecule has 1 N–H and O–H groups in total. The summed E-state index contributed by atoms with van der Waals surface area (Å²) in [6.07, 6.45) is 1.49. The Labute approximate surface area is 146 Å². The van der Waals surface area contributed by atoms with Crippen molar-refractivity contribution in [3.05, 3.63) is 50.7 Å². The van der Waals surface area contributed by atoms with Crippen LogP contribution in [0.4, 0.5) is 5.69 Å². The molecule has 2 rings (SSSR count).